The molecular formula is C15H9FN2O3. The predicted octanol–water partition coefficient (Wildman–Crippen LogP) is 3.04. The molecule has 0 N–H and O–H groups in total. The van der Waals surface area contributed by atoms with Crippen LogP contribution in [-0.2, 0) is 0 Å². The minimum Gasteiger partial charge on any atom is -0.274 e. The van der Waals surface area contributed by atoms with Crippen LogP contribution in [0.4, 0.5) is 10.1 Å². The van der Waals surface area contributed by atoms with E-state index in [0.717, 1.165) is 11.5 Å². The van der Waals surface area contributed by atoms with E-state index in [1.54, 1.807) is 24.3 Å². The van der Waals surface area contributed by atoms with Gasteiger partial charge in [-0.3, -0.25) is 19.5 Å². The summed E-state index contributed by atoms with van der Waals surface area (Å²) in [6, 6.07) is 13.2. The van der Waals surface area contributed by atoms with E-state index in [1.165, 1.54) is 22.8 Å². The van der Waals surface area contributed by atoms with Gasteiger partial charge in [-0.25, -0.2) is 4.39 Å². The summed E-state index contributed by atoms with van der Waals surface area (Å²) in [4.78, 5) is 22.0. The molecule has 0 spiro atoms. The molecule has 3 rings (SSSR count). The Hall–Kier alpha value is -3.02. The van der Waals surface area contributed by atoms with Crippen LogP contribution in [0.25, 0.3) is 16.6 Å². The molecule has 5 nitrogen and oxygen atoms in total. The Morgan fingerprint density at radius 3 is 2.52 bits per heavy atom. The van der Waals surface area contributed by atoms with E-state index in [2.05, 4.69) is 0 Å². The SMILES string of the molecule is O=c1ccc2ccccc2n1-c1ccc([N+](=O)[O-])cc1F. The lowest BCUT2D eigenvalue weighted by Gasteiger charge is -2.10. The van der Waals surface area contributed by atoms with Crippen molar-refractivity contribution in [2.45, 2.75) is 0 Å². The first-order valence-electron chi connectivity index (χ1n) is 6.13. The third kappa shape index (κ3) is 2.16. The molecule has 2 aromatic carbocycles. The van der Waals surface area contributed by atoms with Gasteiger partial charge in [-0.2, -0.15) is 0 Å². The van der Waals surface area contributed by atoms with E-state index < -0.39 is 16.3 Å². The first-order valence-corrected chi connectivity index (χ1v) is 6.13. The van der Waals surface area contributed by atoms with Gasteiger partial charge >= 0.3 is 0 Å². The Morgan fingerprint density at radius 1 is 1.05 bits per heavy atom. The van der Waals surface area contributed by atoms with Gasteiger partial charge in [0.1, 0.15) is 0 Å². The fourth-order valence-electron chi connectivity index (χ4n) is 2.23. The summed E-state index contributed by atoms with van der Waals surface area (Å²) < 4.78 is 15.3. The van der Waals surface area contributed by atoms with Crippen molar-refractivity contribution in [2.24, 2.45) is 0 Å². The summed E-state index contributed by atoms with van der Waals surface area (Å²) in [5, 5.41) is 11.4. The Kier molecular flexibility index (Phi) is 2.98. The number of pyridine rings is 1. The minimum atomic E-state index is -0.817. The van der Waals surface area contributed by atoms with Crippen LogP contribution in [0.2, 0.25) is 0 Å². The maximum atomic E-state index is 14.1. The zero-order valence-electron chi connectivity index (χ0n) is 10.7. The lowest BCUT2D eigenvalue weighted by atomic mass is 10.2. The summed E-state index contributed by atoms with van der Waals surface area (Å²) >= 11 is 0. The van der Waals surface area contributed by atoms with E-state index in [4.69, 9.17) is 0 Å². The van der Waals surface area contributed by atoms with Crippen LogP contribution in [0.15, 0.2) is 59.4 Å². The van der Waals surface area contributed by atoms with Crippen molar-refractivity contribution in [3.05, 3.63) is 80.9 Å². The topological polar surface area (TPSA) is 65.1 Å². The molecule has 104 valence electrons. The number of fused-ring (bicyclic) bond motifs is 1. The minimum absolute atomic E-state index is 0.0117. The van der Waals surface area contributed by atoms with Crippen molar-refractivity contribution in [3.8, 4) is 5.69 Å². The van der Waals surface area contributed by atoms with Crippen molar-refractivity contribution in [3.63, 3.8) is 0 Å². The highest BCUT2D eigenvalue weighted by Gasteiger charge is 2.14. The average molecular weight is 284 g/mol. The van der Waals surface area contributed by atoms with E-state index in [-0.39, 0.29) is 11.4 Å². The highest BCUT2D eigenvalue weighted by atomic mass is 19.1. The van der Waals surface area contributed by atoms with Gasteiger partial charge in [-0.05, 0) is 23.6 Å². The summed E-state index contributed by atoms with van der Waals surface area (Å²) in [5.41, 5.74) is -0.230. The number of nitrogens with zero attached hydrogens (tertiary/aromatic N) is 2. The molecule has 0 aliphatic rings. The molecule has 0 radical (unpaired) electrons. The number of benzene rings is 2. The molecular weight excluding hydrogens is 275 g/mol. The molecule has 0 amide bonds. The van der Waals surface area contributed by atoms with Crippen molar-refractivity contribution in [1.29, 1.82) is 0 Å². The number of rotatable bonds is 2. The van der Waals surface area contributed by atoms with Crippen LogP contribution in [0.1, 0.15) is 0 Å². The van der Waals surface area contributed by atoms with Gasteiger partial charge in [0.2, 0.25) is 0 Å². The summed E-state index contributed by atoms with van der Waals surface area (Å²) in [6.45, 7) is 0. The van der Waals surface area contributed by atoms with E-state index in [0.29, 0.717) is 5.52 Å². The molecule has 6 heteroatoms. The van der Waals surface area contributed by atoms with Crippen molar-refractivity contribution in [2.75, 3.05) is 0 Å². The van der Waals surface area contributed by atoms with E-state index in [9.17, 15) is 19.3 Å². The summed E-state index contributed by atoms with van der Waals surface area (Å²) in [5.74, 6) is -0.817. The van der Waals surface area contributed by atoms with Gasteiger partial charge in [-0.15, -0.1) is 0 Å². The van der Waals surface area contributed by atoms with Crippen molar-refractivity contribution in [1.82, 2.24) is 4.57 Å². The maximum Gasteiger partial charge on any atom is 0.272 e. The molecule has 0 unspecified atom stereocenters. The molecule has 0 aliphatic heterocycles. The highest BCUT2D eigenvalue weighted by molar-refractivity contribution is 5.80. The Morgan fingerprint density at radius 2 is 1.81 bits per heavy atom. The summed E-state index contributed by atoms with van der Waals surface area (Å²) in [6.07, 6.45) is 0. The zero-order valence-corrected chi connectivity index (χ0v) is 10.7. The number of nitro benzene ring substituents is 1. The van der Waals surface area contributed by atoms with E-state index >= 15 is 0 Å². The Balaban J connectivity index is 2.33. The van der Waals surface area contributed by atoms with Crippen LogP contribution >= 0.6 is 0 Å². The highest BCUT2D eigenvalue weighted by Crippen LogP contribution is 2.22. The molecule has 1 aromatic heterocycles. The third-order valence-corrected chi connectivity index (χ3v) is 3.19. The number of hydrogen-bond acceptors (Lipinski definition) is 3. The number of halogens is 1. The monoisotopic (exact) mass is 284 g/mol. The number of para-hydroxylation sites is 1. The molecule has 0 bridgehead atoms. The number of nitro groups is 1. The second-order valence-corrected chi connectivity index (χ2v) is 4.46. The number of non-ortho nitro benzene ring substituents is 1. The molecule has 21 heavy (non-hydrogen) atoms. The molecule has 3 aromatic rings. The van der Waals surface area contributed by atoms with Crippen LogP contribution in [0, 0.1) is 15.9 Å². The van der Waals surface area contributed by atoms with Crippen LogP contribution in [-0.4, -0.2) is 9.49 Å². The number of aromatic nitrogens is 1. The quantitative estimate of drug-likeness (QED) is 0.536. The predicted molar refractivity (Wildman–Crippen MR) is 76.2 cm³/mol. The number of hydrogen-bond donors (Lipinski definition) is 0. The fourth-order valence-corrected chi connectivity index (χ4v) is 2.23. The molecule has 0 atom stereocenters. The van der Waals surface area contributed by atoms with Crippen molar-refractivity contribution < 1.29 is 9.31 Å². The largest absolute Gasteiger partial charge is 0.274 e. The second-order valence-electron chi connectivity index (χ2n) is 4.46. The van der Waals surface area contributed by atoms with Crippen LogP contribution in [0.5, 0.6) is 0 Å². The normalized spacial score (nSPS) is 10.7. The van der Waals surface area contributed by atoms with E-state index in [1.807, 2.05) is 6.07 Å². The fraction of sp³-hybridized carbons (Fsp3) is 0. The first-order chi connectivity index (χ1) is 10.1. The molecule has 0 fully saturated rings. The van der Waals surface area contributed by atoms with Gasteiger partial charge in [-0.1, -0.05) is 18.2 Å². The van der Waals surface area contributed by atoms with Crippen molar-refractivity contribution >= 4 is 16.6 Å². The lowest BCUT2D eigenvalue weighted by molar-refractivity contribution is -0.385. The summed E-state index contributed by atoms with van der Waals surface area (Å²) in [7, 11) is 0. The standard InChI is InChI=1S/C15H9FN2O3/c16-12-9-11(18(20)21)6-7-14(12)17-13-4-2-1-3-10(13)5-8-15(17)19/h1-9H. The molecule has 0 saturated heterocycles. The lowest BCUT2D eigenvalue weighted by Crippen LogP contribution is -2.18. The smallest absolute Gasteiger partial charge is 0.272 e. The van der Waals surface area contributed by atoms with Gasteiger partial charge in [0.15, 0.2) is 5.82 Å². The Labute approximate surface area is 118 Å². The van der Waals surface area contributed by atoms with Gasteiger partial charge in [0.05, 0.1) is 22.2 Å². The second kappa shape index (κ2) is 4.82. The molecule has 0 aliphatic carbocycles. The van der Waals surface area contributed by atoms with Crippen LogP contribution in [0.3, 0.4) is 0 Å². The molecule has 0 saturated carbocycles. The Bertz CT molecular complexity index is 918. The van der Waals surface area contributed by atoms with Gasteiger partial charge < -0.3 is 0 Å². The average Bonchev–Trinajstić information content (AvgIpc) is 2.48. The van der Waals surface area contributed by atoms with Gasteiger partial charge in [0.25, 0.3) is 11.2 Å². The van der Waals surface area contributed by atoms with Gasteiger partial charge in [0, 0.05) is 12.1 Å². The molecule has 1 heterocycles. The zero-order chi connectivity index (χ0) is 15.0. The van der Waals surface area contributed by atoms with Crippen LogP contribution < -0.4 is 5.56 Å². The third-order valence-electron chi connectivity index (χ3n) is 3.19. The first kappa shape index (κ1) is 13.0. The maximum absolute atomic E-state index is 14.1.